The third-order valence-electron chi connectivity index (χ3n) is 4.15. The van der Waals surface area contributed by atoms with Crippen LogP contribution >= 0.6 is 0 Å². The molecule has 1 aromatic rings. The van der Waals surface area contributed by atoms with Gasteiger partial charge in [0.05, 0.1) is 0 Å². The van der Waals surface area contributed by atoms with E-state index in [-0.39, 0.29) is 0 Å². The third kappa shape index (κ3) is 1.36. The molecule has 2 saturated carbocycles. The van der Waals surface area contributed by atoms with Crippen molar-refractivity contribution in [2.45, 2.75) is 24.7 Å². The lowest BCUT2D eigenvalue weighted by Gasteiger charge is -2.14. The molecule has 3 atom stereocenters. The fourth-order valence-corrected chi connectivity index (χ4v) is 2.94. The van der Waals surface area contributed by atoms with Crippen LogP contribution in [0.1, 0.15) is 36.4 Å². The van der Waals surface area contributed by atoms with E-state index in [0.29, 0.717) is 36.8 Å². The van der Waals surface area contributed by atoms with Crippen LogP contribution in [0.4, 0.5) is 4.79 Å². The zero-order valence-corrected chi connectivity index (χ0v) is 9.24. The standard InChI is InChI=1S/C11H13N3O3/c15-11(16)14-3-6-7(4-14)8(6)9-12-10(17-13-9)5-1-2-5/h5-8H,1-4H2,(H,15,16)/t6-,7+,8+. The summed E-state index contributed by atoms with van der Waals surface area (Å²) in [5.41, 5.74) is 0. The molecule has 3 aliphatic rings. The summed E-state index contributed by atoms with van der Waals surface area (Å²) in [6.45, 7) is 1.25. The van der Waals surface area contributed by atoms with Gasteiger partial charge in [-0.25, -0.2) is 4.79 Å². The van der Waals surface area contributed by atoms with E-state index in [9.17, 15) is 4.79 Å². The van der Waals surface area contributed by atoms with Crippen molar-refractivity contribution >= 4 is 6.09 Å². The Morgan fingerprint density at radius 1 is 1.35 bits per heavy atom. The summed E-state index contributed by atoms with van der Waals surface area (Å²) >= 11 is 0. The van der Waals surface area contributed by atoms with E-state index in [0.717, 1.165) is 24.6 Å². The van der Waals surface area contributed by atoms with Crippen LogP contribution in [0.15, 0.2) is 4.52 Å². The van der Waals surface area contributed by atoms with Crippen LogP contribution in [0.5, 0.6) is 0 Å². The van der Waals surface area contributed by atoms with Crippen molar-refractivity contribution in [2.75, 3.05) is 13.1 Å². The number of carboxylic acid groups (broad SMARTS) is 1. The van der Waals surface area contributed by atoms with Crippen molar-refractivity contribution in [3.63, 3.8) is 0 Å². The number of carbonyl (C=O) groups is 1. The lowest BCUT2D eigenvalue weighted by molar-refractivity contribution is 0.149. The topological polar surface area (TPSA) is 79.5 Å². The highest BCUT2D eigenvalue weighted by molar-refractivity contribution is 5.66. The smallest absolute Gasteiger partial charge is 0.407 e. The van der Waals surface area contributed by atoms with Crippen LogP contribution < -0.4 is 0 Å². The predicted molar refractivity (Wildman–Crippen MR) is 55.6 cm³/mol. The number of nitrogens with zero attached hydrogens (tertiary/aromatic N) is 3. The summed E-state index contributed by atoms with van der Waals surface area (Å²) in [4.78, 5) is 16.7. The van der Waals surface area contributed by atoms with E-state index in [1.54, 1.807) is 0 Å². The molecule has 1 aromatic heterocycles. The third-order valence-corrected chi connectivity index (χ3v) is 4.15. The number of likely N-dealkylation sites (tertiary alicyclic amines) is 1. The largest absolute Gasteiger partial charge is 0.465 e. The zero-order chi connectivity index (χ0) is 11.6. The first-order valence-corrected chi connectivity index (χ1v) is 6.05. The maximum atomic E-state index is 10.8. The van der Waals surface area contributed by atoms with E-state index in [4.69, 9.17) is 9.63 Å². The first-order valence-electron chi connectivity index (χ1n) is 6.05. The number of aromatic nitrogens is 2. The van der Waals surface area contributed by atoms with E-state index in [1.807, 2.05) is 0 Å². The minimum absolute atomic E-state index is 0.335. The Morgan fingerprint density at radius 3 is 2.65 bits per heavy atom. The minimum Gasteiger partial charge on any atom is -0.465 e. The van der Waals surface area contributed by atoms with Crippen molar-refractivity contribution in [1.29, 1.82) is 0 Å². The number of fused-ring (bicyclic) bond motifs is 1. The maximum Gasteiger partial charge on any atom is 0.407 e. The molecule has 3 fully saturated rings. The van der Waals surface area contributed by atoms with Gasteiger partial charge < -0.3 is 14.5 Å². The molecule has 0 aromatic carbocycles. The van der Waals surface area contributed by atoms with Gasteiger partial charge >= 0.3 is 6.09 Å². The van der Waals surface area contributed by atoms with E-state index < -0.39 is 6.09 Å². The molecule has 2 aliphatic carbocycles. The summed E-state index contributed by atoms with van der Waals surface area (Å²) in [6.07, 6.45) is 1.50. The summed E-state index contributed by atoms with van der Waals surface area (Å²) in [5.74, 6) is 3.23. The molecule has 17 heavy (non-hydrogen) atoms. The van der Waals surface area contributed by atoms with Gasteiger partial charge in [0.15, 0.2) is 5.82 Å². The molecule has 4 rings (SSSR count). The lowest BCUT2D eigenvalue weighted by Crippen LogP contribution is -2.29. The fourth-order valence-electron chi connectivity index (χ4n) is 2.94. The van der Waals surface area contributed by atoms with Gasteiger partial charge in [0, 0.05) is 24.9 Å². The van der Waals surface area contributed by atoms with Crippen LogP contribution in [0.2, 0.25) is 0 Å². The van der Waals surface area contributed by atoms with Gasteiger partial charge in [-0.3, -0.25) is 0 Å². The van der Waals surface area contributed by atoms with E-state index >= 15 is 0 Å². The molecule has 1 aliphatic heterocycles. The Kier molecular flexibility index (Phi) is 1.66. The number of hydrogen-bond acceptors (Lipinski definition) is 4. The van der Waals surface area contributed by atoms with Crippen LogP contribution in [0.25, 0.3) is 0 Å². The lowest BCUT2D eigenvalue weighted by atomic mass is 10.2. The Hall–Kier alpha value is -1.59. The second-order valence-electron chi connectivity index (χ2n) is 5.31. The van der Waals surface area contributed by atoms with E-state index in [2.05, 4.69) is 10.1 Å². The molecule has 90 valence electrons. The normalized spacial score (nSPS) is 34.8. The molecule has 0 radical (unpaired) electrons. The summed E-state index contributed by atoms with van der Waals surface area (Å²) in [7, 11) is 0. The molecule has 2 heterocycles. The molecule has 1 N–H and O–H groups in total. The monoisotopic (exact) mass is 235 g/mol. The van der Waals surface area contributed by atoms with Crippen LogP contribution in [-0.4, -0.2) is 39.3 Å². The van der Waals surface area contributed by atoms with Crippen molar-refractivity contribution in [3.8, 4) is 0 Å². The van der Waals surface area contributed by atoms with Gasteiger partial charge in [-0.15, -0.1) is 0 Å². The van der Waals surface area contributed by atoms with Crippen LogP contribution in [0.3, 0.4) is 0 Å². The molecular formula is C11H13N3O3. The molecule has 0 unspecified atom stereocenters. The second kappa shape index (κ2) is 3.00. The highest BCUT2D eigenvalue weighted by atomic mass is 16.5. The van der Waals surface area contributed by atoms with E-state index in [1.165, 1.54) is 4.90 Å². The van der Waals surface area contributed by atoms with Crippen molar-refractivity contribution < 1.29 is 14.4 Å². The van der Waals surface area contributed by atoms with Crippen LogP contribution in [-0.2, 0) is 0 Å². The summed E-state index contributed by atoms with van der Waals surface area (Å²) in [5, 5.41) is 12.9. The average molecular weight is 235 g/mol. The first kappa shape index (κ1) is 9.44. The molecule has 6 nitrogen and oxygen atoms in total. The summed E-state index contributed by atoms with van der Waals surface area (Å²) < 4.78 is 5.24. The Labute approximate surface area is 97.6 Å². The van der Waals surface area contributed by atoms with Gasteiger partial charge in [0.25, 0.3) is 0 Å². The molecule has 6 heteroatoms. The van der Waals surface area contributed by atoms with Crippen molar-refractivity contribution in [3.05, 3.63) is 11.7 Å². The zero-order valence-electron chi connectivity index (χ0n) is 9.24. The number of amides is 1. The molecule has 0 spiro atoms. The Bertz CT molecular complexity index is 470. The highest BCUT2D eigenvalue weighted by Gasteiger charge is 2.59. The fraction of sp³-hybridized carbons (Fsp3) is 0.727. The van der Waals surface area contributed by atoms with Gasteiger partial charge in [-0.2, -0.15) is 4.98 Å². The van der Waals surface area contributed by atoms with Gasteiger partial charge in [0.1, 0.15) is 0 Å². The molecule has 1 amide bonds. The van der Waals surface area contributed by atoms with Gasteiger partial charge in [0.2, 0.25) is 5.89 Å². The number of hydrogen-bond donors (Lipinski definition) is 1. The number of rotatable bonds is 2. The molecule has 1 saturated heterocycles. The average Bonchev–Trinajstić information content (AvgIpc) is 3.17. The Balaban J connectivity index is 1.47. The van der Waals surface area contributed by atoms with Crippen molar-refractivity contribution in [1.82, 2.24) is 15.0 Å². The molecular weight excluding hydrogens is 222 g/mol. The SMILES string of the molecule is O=C(O)N1C[C@@H]2[C@H](C1)[C@H]2c1noc(C2CC2)n1. The van der Waals surface area contributed by atoms with Gasteiger partial charge in [-0.05, 0) is 24.7 Å². The Morgan fingerprint density at radius 2 is 2.06 bits per heavy atom. The van der Waals surface area contributed by atoms with Gasteiger partial charge in [-0.1, -0.05) is 5.16 Å². The quantitative estimate of drug-likeness (QED) is 0.835. The maximum absolute atomic E-state index is 10.8. The van der Waals surface area contributed by atoms with Crippen LogP contribution in [0, 0.1) is 11.8 Å². The highest BCUT2D eigenvalue weighted by Crippen LogP contribution is 2.57. The minimum atomic E-state index is -0.817. The molecule has 0 bridgehead atoms. The number of piperidine rings is 1. The first-order chi connectivity index (χ1) is 8.24. The predicted octanol–water partition coefficient (Wildman–Crippen LogP) is 1.27. The van der Waals surface area contributed by atoms with Crippen molar-refractivity contribution in [2.24, 2.45) is 11.8 Å². The summed E-state index contributed by atoms with van der Waals surface area (Å²) in [6, 6.07) is 0. The second-order valence-corrected chi connectivity index (χ2v) is 5.31.